The molecule has 0 aliphatic heterocycles. The first kappa shape index (κ1) is 26.3. The molecule has 3 heterocycles. The van der Waals surface area contributed by atoms with E-state index in [4.69, 9.17) is 31.6 Å². The lowest BCUT2D eigenvalue weighted by Crippen LogP contribution is -2.35. The van der Waals surface area contributed by atoms with Crippen molar-refractivity contribution in [2.45, 2.75) is 91.1 Å². The van der Waals surface area contributed by atoms with Crippen molar-refractivity contribution in [2.24, 2.45) is 34.5 Å². The van der Waals surface area contributed by atoms with Crippen LogP contribution in [0.15, 0.2) is 23.4 Å². The first-order valence-corrected chi connectivity index (χ1v) is 14.1. The molecule has 10 nitrogen and oxygen atoms in total. The Bertz CT molecular complexity index is 1280. The molecule has 0 radical (unpaired) electrons. The van der Waals surface area contributed by atoms with Gasteiger partial charge in [0.05, 0.1) is 0 Å². The monoisotopic (exact) mass is 518 g/mol. The number of aromatic nitrogens is 5. The number of nitrogens with one attached hydrogen (secondary N) is 2. The number of amidine groups is 1. The average molecular weight is 519 g/mol. The van der Waals surface area contributed by atoms with Gasteiger partial charge >= 0.3 is 0 Å². The van der Waals surface area contributed by atoms with Crippen LogP contribution in [0.1, 0.15) is 89.9 Å². The van der Waals surface area contributed by atoms with E-state index >= 15 is 0 Å². The lowest BCUT2D eigenvalue weighted by Gasteiger charge is -2.32. The lowest BCUT2D eigenvalue weighted by molar-refractivity contribution is 0.267. The fourth-order valence-electron chi connectivity index (χ4n) is 5.75. The van der Waals surface area contributed by atoms with Crippen LogP contribution >= 0.6 is 0 Å². The largest absolute Gasteiger partial charge is 0.365 e. The number of imidazole rings is 1. The van der Waals surface area contributed by atoms with Crippen molar-refractivity contribution in [1.82, 2.24) is 29.9 Å². The van der Waals surface area contributed by atoms with E-state index in [1.165, 1.54) is 50.5 Å². The highest BCUT2D eigenvalue weighted by molar-refractivity contribution is 5.98. The van der Waals surface area contributed by atoms with E-state index in [0.29, 0.717) is 29.2 Å². The molecule has 5 rings (SSSR count). The second-order valence-electron chi connectivity index (χ2n) is 11.6. The Kier molecular flexibility index (Phi) is 7.78. The third-order valence-electron chi connectivity index (χ3n) is 8.56. The highest BCUT2D eigenvalue weighted by Crippen LogP contribution is 2.36. The summed E-state index contributed by atoms with van der Waals surface area (Å²) >= 11 is 0. The molecule has 0 amide bonds. The van der Waals surface area contributed by atoms with Gasteiger partial charge in [0.1, 0.15) is 11.2 Å². The molecule has 38 heavy (non-hydrogen) atoms. The van der Waals surface area contributed by atoms with Crippen molar-refractivity contribution >= 4 is 22.8 Å². The Morgan fingerprint density at radius 1 is 1.11 bits per heavy atom. The second kappa shape index (κ2) is 11.2. The van der Waals surface area contributed by atoms with Crippen LogP contribution in [-0.2, 0) is 6.54 Å². The summed E-state index contributed by atoms with van der Waals surface area (Å²) in [6.07, 6.45) is 10.6. The average Bonchev–Trinajstić information content (AvgIpc) is 3.23. The topological polar surface area (TPSA) is 145 Å². The van der Waals surface area contributed by atoms with Crippen LogP contribution < -0.4 is 22.4 Å². The SMILES string of the molecule is CC1CCC(Cn2c(-c3cc(C(C)C)ccn3)nc3nc(/C(=N/N)NN)nc(N[C@H](C)C4CCC4)c32)CC1. The van der Waals surface area contributed by atoms with Gasteiger partial charge in [0.25, 0.3) is 0 Å². The summed E-state index contributed by atoms with van der Waals surface area (Å²) in [7, 11) is 0. The summed E-state index contributed by atoms with van der Waals surface area (Å²) < 4.78 is 2.30. The molecular weight excluding hydrogens is 476 g/mol. The summed E-state index contributed by atoms with van der Waals surface area (Å²) in [6.45, 7) is 9.83. The molecule has 2 saturated carbocycles. The number of nitrogens with two attached hydrogens (primary N) is 2. The molecule has 6 N–H and O–H groups in total. The highest BCUT2D eigenvalue weighted by atomic mass is 15.3. The fraction of sp³-hybridized carbons (Fsp3) is 0.607. The van der Waals surface area contributed by atoms with Gasteiger partial charge in [0.2, 0.25) is 11.7 Å². The molecule has 204 valence electrons. The van der Waals surface area contributed by atoms with Gasteiger partial charge in [0, 0.05) is 18.8 Å². The Balaban J connectivity index is 1.68. The summed E-state index contributed by atoms with van der Waals surface area (Å²) in [5.74, 6) is 15.8. The van der Waals surface area contributed by atoms with E-state index in [2.05, 4.69) is 60.2 Å². The molecule has 10 heteroatoms. The molecule has 2 aliphatic rings. The lowest BCUT2D eigenvalue weighted by atomic mass is 9.80. The van der Waals surface area contributed by atoms with Crippen molar-refractivity contribution in [3.63, 3.8) is 0 Å². The summed E-state index contributed by atoms with van der Waals surface area (Å²) in [6, 6.07) is 4.49. The summed E-state index contributed by atoms with van der Waals surface area (Å²) in [4.78, 5) is 19.5. The van der Waals surface area contributed by atoms with Crippen molar-refractivity contribution < 1.29 is 0 Å². The number of hydrazine groups is 1. The van der Waals surface area contributed by atoms with Crippen molar-refractivity contribution in [1.29, 1.82) is 0 Å². The third kappa shape index (κ3) is 5.32. The second-order valence-corrected chi connectivity index (χ2v) is 11.6. The van der Waals surface area contributed by atoms with Gasteiger partial charge in [-0.25, -0.2) is 20.8 Å². The Morgan fingerprint density at radius 3 is 2.50 bits per heavy atom. The van der Waals surface area contributed by atoms with Crippen molar-refractivity contribution in [2.75, 3.05) is 5.32 Å². The number of pyridine rings is 1. The van der Waals surface area contributed by atoms with Crippen LogP contribution in [-0.4, -0.2) is 36.4 Å². The minimum absolute atomic E-state index is 0.212. The molecule has 0 unspecified atom stereocenters. The Labute approximate surface area is 225 Å². The third-order valence-corrected chi connectivity index (χ3v) is 8.56. The molecule has 2 fully saturated rings. The van der Waals surface area contributed by atoms with E-state index in [0.717, 1.165) is 35.3 Å². The molecule has 0 spiro atoms. The van der Waals surface area contributed by atoms with Crippen LogP contribution in [0.25, 0.3) is 22.7 Å². The first-order valence-electron chi connectivity index (χ1n) is 14.1. The van der Waals surface area contributed by atoms with Crippen LogP contribution in [0.5, 0.6) is 0 Å². The van der Waals surface area contributed by atoms with Gasteiger partial charge in [-0.1, -0.05) is 40.0 Å². The molecule has 0 bridgehead atoms. The number of hydrogen-bond donors (Lipinski definition) is 4. The normalized spacial score (nSPS) is 21.5. The summed E-state index contributed by atoms with van der Waals surface area (Å²) in [5.41, 5.74) is 6.10. The van der Waals surface area contributed by atoms with Gasteiger partial charge in [-0.3, -0.25) is 4.98 Å². The van der Waals surface area contributed by atoms with Gasteiger partial charge in [-0.15, -0.1) is 0 Å². The van der Waals surface area contributed by atoms with Crippen LogP contribution in [0, 0.1) is 17.8 Å². The molecule has 0 saturated heterocycles. The molecule has 2 aliphatic carbocycles. The molecule has 1 atom stereocenters. The molecule has 0 aromatic carbocycles. The number of hydrogen-bond acceptors (Lipinski definition) is 8. The minimum Gasteiger partial charge on any atom is -0.365 e. The predicted molar refractivity (Wildman–Crippen MR) is 152 cm³/mol. The van der Waals surface area contributed by atoms with E-state index < -0.39 is 0 Å². The van der Waals surface area contributed by atoms with Gasteiger partial charge in [-0.2, -0.15) is 5.10 Å². The number of rotatable bonds is 8. The van der Waals surface area contributed by atoms with E-state index in [-0.39, 0.29) is 11.9 Å². The Hall–Kier alpha value is -3.27. The fourth-order valence-corrected chi connectivity index (χ4v) is 5.75. The van der Waals surface area contributed by atoms with Gasteiger partial charge in [0.15, 0.2) is 17.3 Å². The van der Waals surface area contributed by atoms with Crippen LogP contribution in [0.4, 0.5) is 5.82 Å². The zero-order chi connectivity index (χ0) is 26.8. The number of hydrazone groups is 1. The van der Waals surface area contributed by atoms with Crippen molar-refractivity contribution in [3.05, 3.63) is 29.7 Å². The standard InChI is InChI=1S/C28H42N10/c1-16(2)21-12-13-31-22(14-21)28-35-25-23(38(28)15-19-10-8-17(3)9-11-19)24(32-18(4)20-6-5-7-20)33-26(34-25)27(36-29)37-30/h12-14,16-20H,5-11,15,29-30H2,1-4H3,(H,36,37)(H,32,33,34)/t17?,18-,19?/m1/s1. The molecular formula is C28H42N10. The molecule has 3 aromatic heterocycles. The zero-order valence-electron chi connectivity index (χ0n) is 23.1. The highest BCUT2D eigenvalue weighted by Gasteiger charge is 2.29. The van der Waals surface area contributed by atoms with E-state index in [1.54, 1.807) is 0 Å². The number of nitrogens with zero attached hydrogens (tertiary/aromatic N) is 6. The predicted octanol–water partition coefficient (Wildman–Crippen LogP) is 4.52. The quantitative estimate of drug-likeness (QED) is 0.147. The van der Waals surface area contributed by atoms with Crippen LogP contribution in [0.2, 0.25) is 0 Å². The Morgan fingerprint density at radius 2 is 1.87 bits per heavy atom. The maximum atomic E-state index is 5.70. The van der Waals surface area contributed by atoms with Gasteiger partial charge in [-0.05, 0) is 74.0 Å². The van der Waals surface area contributed by atoms with Gasteiger partial charge < -0.3 is 21.2 Å². The smallest absolute Gasteiger partial charge is 0.204 e. The maximum Gasteiger partial charge on any atom is 0.204 e. The first-order chi connectivity index (χ1) is 18.4. The van der Waals surface area contributed by atoms with E-state index in [1.807, 2.05) is 6.20 Å². The van der Waals surface area contributed by atoms with Crippen molar-refractivity contribution in [3.8, 4) is 11.5 Å². The molecule has 3 aromatic rings. The summed E-state index contributed by atoms with van der Waals surface area (Å²) in [5, 5.41) is 7.48. The van der Waals surface area contributed by atoms with Crippen LogP contribution in [0.3, 0.4) is 0 Å². The minimum atomic E-state index is 0.212. The number of anilines is 1. The zero-order valence-corrected chi connectivity index (χ0v) is 23.1. The maximum absolute atomic E-state index is 5.70. The van der Waals surface area contributed by atoms with E-state index in [9.17, 15) is 0 Å². The number of fused-ring (bicyclic) bond motifs is 1.